The third kappa shape index (κ3) is 3.45. The standard InChI is InChI=1S/C15H24O2/c1-6-7-14(16)17-10-13-12(3)11(2)8-9-15(13,4)5/h6-7,13H,8-10H2,1-5H3. The highest BCUT2D eigenvalue weighted by atomic mass is 16.5. The van der Waals surface area contributed by atoms with Gasteiger partial charge in [-0.25, -0.2) is 4.79 Å². The van der Waals surface area contributed by atoms with Crippen LogP contribution in [0, 0.1) is 11.3 Å². The van der Waals surface area contributed by atoms with Crippen LogP contribution in [0.4, 0.5) is 0 Å². The van der Waals surface area contributed by atoms with Gasteiger partial charge in [-0.2, -0.15) is 0 Å². The molecule has 1 aliphatic rings. The highest BCUT2D eigenvalue weighted by molar-refractivity contribution is 5.81. The van der Waals surface area contributed by atoms with E-state index in [1.54, 1.807) is 6.08 Å². The van der Waals surface area contributed by atoms with E-state index >= 15 is 0 Å². The van der Waals surface area contributed by atoms with Crippen molar-refractivity contribution in [1.29, 1.82) is 0 Å². The first kappa shape index (κ1) is 14.0. The Labute approximate surface area is 105 Å². The highest BCUT2D eigenvalue weighted by Crippen LogP contribution is 2.43. The van der Waals surface area contributed by atoms with Crippen molar-refractivity contribution in [2.45, 2.75) is 47.5 Å². The minimum atomic E-state index is -0.237. The van der Waals surface area contributed by atoms with E-state index in [0.29, 0.717) is 12.5 Å². The predicted octanol–water partition coefficient (Wildman–Crippen LogP) is 3.88. The van der Waals surface area contributed by atoms with Gasteiger partial charge in [-0.15, -0.1) is 0 Å². The van der Waals surface area contributed by atoms with Crippen molar-refractivity contribution in [1.82, 2.24) is 0 Å². The van der Waals surface area contributed by atoms with Gasteiger partial charge in [0.1, 0.15) is 0 Å². The van der Waals surface area contributed by atoms with Crippen molar-refractivity contribution in [3.8, 4) is 0 Å². The summed E-state index contributed by atoms with van der Waals surface area (Å²) in [6, 6.07) is 0. The molecule has 0 fully saturated rings. The molecule has 2 nitrogen and oxygen atoms in total. The molecule has 17 heavy (non-hydrogen) atoms. The normalized spacial score (nSPS) is 24.2. The fraction of sp³-hybridized carbons (Fsp3) is 0.667. The maximum absolute atomic E-state index is 11.4. The van der Waals surface area contributed by atoms with Gasteiger partial charge < -0.3 is 4.74 Å². The molecule has 0 spiro atoms. The summed E-state index contributed by atoms with van der Waals surface area (Å²) >= 11 is 0. The second kappa shape index (κ2) is 5.52. The molecule has 96 valence electrons. The Morgan fingerprint density at radius 2 is 2.12 bits per heavy atom. The molecule has 1 rings (SSSR count). The molecule has 0 aliphatic heterocycles. The van der Waals surface area contributed by atoms with Gasteiger partial charge in [-0.1, -0.05) is 31.1 Å². The molecule has 0 N–H and O–H groups in total. The molecule has 1 atom stereocenters. The van der Waals surface area contributed by atoms with Crippen LogP contribution in [0.15, 0.2) is 23.3 Å². The molecule has 0 heterocycles. The monoisotopic (exact) mass is 236 g/mol. The fourth-order valence-electron chi connectivity index (χ4n) is 2.46. The van der Waals surface area contributed by atoms with Crippen LogP contribution < -0.4 is 0 Å². The van der Waals surface area contributed by atoms with Crippen LogP contribution in [0.3, 0.4) is 0 Å². The van der Waals surface area contributed by atoms with Crippen LogP contribution in [0.25, 0.3) is 0 Å². The summed E-state index contributed by atoms with van der Waals surface area (Å²) in [6.07, 6.45) is 5.52. The van der Waals surface area contributed by atoms with Crippen LogP contribution in [0.5, 0.6) is 0 Å². The SMILES string of the molecule is CC=CC(=O)OCC1C(C)=C(C)CCC1(C)C. The van der Waals surface area contributed by atoms with Crippen LogP contribution in [0.1, 0.15) is 47.5 Å². The van der Waals surface area contributed by atoms with E-state index in [9.17, 15) is 4.79 Å². The van der Waals surface area contributed by atoms with Crippen molar-refractivity contribution in [2.75, 3.05) is 6.61 Å². The smallest absolute Gasteiger partial charge is 0.330 e. The number of hydrogen-bond donors (Lipinski definition) is 0. The summed E-state index contributed by atoms with van der Waals surface area (Å²) in [4.78, 5) is 11.4. The van der Waals surface area contributed by atoms with E-state index in [1.807, 2.05) is 6.92 Å². The summed E-state index contributed by atoms with van der Waals surface area (Å²) in [5, 5.41) is 0. The molecular weight excluding hydrogens is 212 g/mol. The highest BCUT2D eigenvalue weighted by Gasteiger charge is 2.35. The number of hydrogen-bond acceptors (Lipinski definition) is 2. The van der Waals surface area contributed by atoms with E-state index in [4.69, 9.17) is 4.74 Å². The third-order valence-electron chi connectivity index (χ3n) is 3.98. The zero-order chi connectivity index (χ0) is 13.1. The molecule has 0 saturated heterocycles. The molecule has 0 aromatic heterocycles. The molecule has 0 amide bonds. The summed E-state index contributed by atoms with van der Waals surface area (Å²) in [5.74, 6) is 0.116. The van der Waals surface area contributed by atoms with Crippen molar-refractivity contribution < 1.29 is 9.53 Å². The van der Waals surface area contributed by atoms with Gasteiger partial charge in [0.05, 0.1) is 6.61 Å². The van der Waals surface area contributed by atoms with E-state index < -0.39 is 0 Å². The third-order valence-corrected chi connectivity index (χ3v) is 3.98. The Morgan fingerprint density at radius 1 is 1.47 bits per heavy atom. The molecule has 1 aliphatic carbocycles. The first-order valence-electron chi connectivity index (χ1n) is 6.34. The van der Waals surface area contributed by atoms with Gasteiger partial charge in [-0.05, 0) is 39.0 Å². The first-order chi connectivity index (χ1) is 7.88. The minimum Gasteiger partial charge on any atom is -0.462 e. The first-order valence-corrected chi connectivity index (χ1v) is 6.34. The Kier molecular flexibility index (Phi) is 4.55. The maximum atomic E-state index is 11.4. The van der Waals surface area contributed by atoms with Gasteiger partial charge in [0, 0.05) is 12.0 Å². The lowest BCUT2D eigenvalue weighted by Crippen LogP contribution is -2.33. The van der Waals surface area contributed by atoms with Crippen LogP contribution in [-0.4, -0.2) is 12.6 Å². The van der Waals surface area contributed by atoms with Crippen molar-refractivity contribution in [3.63, 3.8) is 0 Å². The molecule has 1 unspecified atom stereocenters. The average molecular weight is 236 g/mol. The summed E-state index contributed by atoms with van der Waals surface area (Å²) in [5.41, 5.74) is 3.07. The van der Waals surface area contributed by atoms with Crippen LogP contribution in [0.2, 0.25) is 0 Å². The summed E-state index contributed by atoms with van der Waals surface area (Å²) in [7, 11) is 0. The Hall–Kier alpha value is -1.05. The minimum absolute atomic E-state index is 0.222. The zero-order valence-electron chi connectivity index (χ0n) is 11.7. The van der Waals surface area contributed by atoms with E-state index in [0.717, 1.165) is 6.42 Å². The van der Waals surface area contributed by atoms with E-state index in [1.165, 1.54) is 23.6 Å². The number of allylic oxidation sites excluding steroid dienone is 2. The Balaban J connectivity index is 2.72. The van der Waals surface area contributed by atoms with Gasteiger partial charge in [-0.3, -0.25) is 0 Å². The molecular formula is C15H24O2. The fourth-order valence-corrected chi connectivity index (χ4v) is 2.46. The Morgan fingerprint density at radius 3 is 2.71 bits per heavy atom. The van der Waals surface area contributed by atoms with E-state index in [-0.39, 0.29) is 11.4 Å². The predicted molar refractivity (Wildman–Crippen MR) is 70.7 cm³/mol. The van der Waals surface area contributed by atoms with Crippen LogP contribution >= 0.6 is 0 Å². The second-order valence-electron chi connectivity index (χ2n) is 5.63. The summed E-state index contributed by atoms with van der Waals surface area (Å²) < 4.78 is 5.32. The number of ether oxygens (including phenoxy) is 1. The van der Waals surface area contributed by atoms with Crippen molar-refractivity contribution in [2.24, 2.45) is 11.3 Å². The number of esters is 1. The van der Waals surface area contributed by atoms with Crippen molar-refractivity contribution >= 4 is 5.97 Å². The lowest BCUT2D eigenvalue weighted by molar-refractivity contribution is -0.139. The lowest BCUT2D eigenvalue weighted by Gasteiger charge is -2.39. The van der Waals surface area contributed by atoms with Gasteiger partial charge in [0.25, 0.3) is 0 Å². The molecule has 0 aromatic rings. The lowest BCUT2D eigenvalue weighted by atomic mass is 9.67. The largest absolute Gasteiger partial charge is 0.462 e. The molecule has 0 aromatic carbocycles. The quantitative estimate of drug-likeness (QED) is 0.422. The molecule has 0 saturated carbocycles. The van der Waals surface area contributed by atoms with Gasteiger partial charge >= 0.3 is 5.97 Å². The topological polar surface area (TPSA) is 26.3 Å². The van der Waals surface area contributed by atoms with Crippen LogP contribution in [-0.2, 0) is 9.53 Å². The number of carbonyl (C=O) groups excluding carboxylic acids is 1. The van der Waals surface area contributed by atoms with Gasteiger partial charge in [0.15, 0.2) is 0 Å². The number of rotatable bonds is 3. The Bertz CT molecular complexity index is 348. The zero-order valence-corrected chi connectivity index (χ0v) is 11.7. The van der Waals surface area contributed by atoms with Crippen molar-refractivity contribution in [3.05, 3.63) is 23.3 Å². The molecule has 0 bridgehead atoms. The summed E-state index contributed by atoms with van der Waals surface area (Å²) in [6.45, 7) is 11.2. The second-order valence-corrected chi connectivity index (χ2v) is 5.63. The average Bonchev–Trinajstić information content (AvgIpc) is 2.24. The molecule has 2 heteroatoms. The maximum Gasteiger partial charge on any atom is 0.330 e. The van der Waals surface area contributed by atoms with E-state index in [2.05, 4.69) is 27.7 Å². The molecule has 0 radical (unpaired) electrons. The number of carbonyl (C=O) groups is 1. The van der Waals surface area contributed by atoms with Gasteiger partial charge in [0.2, 0.25) is 0 Å².